The van der Waals surface area contributed by atoms with Crippen molar-refractivity contribution < 1.29 is 4.79 Å². The molecule has 4 heteroatoms. The molecule has 0 aromatic carbocycles. The highest BCUT2D eigenvalue weighted by molar-refractivity contribution is 5.83. The molecule has 0 atom stereocenters. The van der Waals surface area contributed by atoms with Gasteiger partial charge in [0, 0.05) is 12.4 Å². The highest BCUT2D eigenvalue weighted by Crippen LogP contribution is 2.14. The molecule has 0 saturated carbocycles. The Balaban J connectivity index is 2.63. The second kappa shape index (κ2) is 3.21. The van der Waals surface area contributed by atoms with Gasteiger partial charge in [0.05, 0.1) is 11.8 Å². The highest BCUT2D eigenvalue weighted by atomic mass is 16.1. The van der Waals surface area contributed by atoms with Crippen molar-refractivity contribution in [1.29, 1.82) is 0 Å². The van der Waals surface area contributed by atoms with Crippen molar-refractivity contribution in [2.24, 2.45) is 0 Å². The second-order valence-electron chi connectivity index (χ2n) is 3.53. The number of nitrogens with zero attached hydrogens (tertiary/aromatic N) is 3. The summed E-state index contributed by atoms with van der Waals surface area (Å²) in [7, 11) is 0. The first-order chi connectivity index (χ1) is 6.72. The first-order valence-electron chi connectivity index (χ1n) is 4.51. The fourth-order valence-electron chi connectivity index (χ4n) is 1.29. The Morgan fingerprint density at radius 1 is 1.43 bits per heavy atom. The van der Waals surface area contributed by atoms with Crippen molar-refractivity contribution >= 4 is 11.9 Å². The summed E-state index contributed by atoms with van der Waals surface area (Å²) in [6.07, 6.45) is 5.98. The van der Waals surface area contributed by atoms with Gasteiger partial charge >= 0.3 is 0 Å². The molecule has 2 aromatic heterocycles. The maximum absolute atomic E-state index is 10.6. The van der Waals surface area contributed by atoms with E-state index in [1.54, 1.807) is 10.7 Å². The molecule has 0 aliphatic rings. The van der Waals surface area contributed by atoms with Crippen molar-refractivity contribution in [1.82, 2.24) is 14.6 Å². The Morgan fingerprint density at radius 2 is 2.21 bits per heavy atom. The molecule has 4 nitrogen and oxygen atoms in total. The molecule has 0 aliphatic carbocycles. The van der Waals surface area contributed by atoms with E-state index in [-0.39, 0.29) is 0 Å². The van der Waals surface area contributed by atoms with E-state index < -0.39 is 0 Å². The van der Waals surface area contributed by atoms with E-state index in [4.69, 9.17) is 0 Å². The average Bonchev–Trinajstić information content (AvgIpc) is 2.59. The van der Waals surface area contributed by atoms with Crippen molar-refractivity contribution in [3.05, 3.63) is 29.7 Å². The molecule has 2 heterocycles. The van der Waals surface area contributed by atoms with Crippen LogP contribution < -0.4 is 0 Å². The van der Waals surface area contributed by atoms with E-state index in [9.17, 15) is 4.79 Å². The third-order valence-electron chi connectivity index (χ3n) is 2.20. The first kappa shape index (κ1) is 8.87. The number of aromatic nitrogens is 3. The Morgan fingerprint density at radius 3 is 2.86 bits per heavy atom. The number of fused-ring (bicyclic) bond motifs is 1. The van der Waals surface area contributed by atoms with Gasteiger partial charge < -0.3 is 0 Å². The Labute approximate surface area is 81.6 Å². The lowest BCUT2D eigenvalue weighted by molar-refractivity contribution is 0.112. The lowest BCUT2D eigenvalue weighted by Gasteiger charge is -2.03. The fraction of sp³-hybridized carbons (Fsp3) is 0.300. The van der Waals surface area contributed by atoms with E-state index >= 15 is 0 Å². The van der Waals surface area contributed by atoms with Crippen LogP contribution in [0.3, 0.4) is 0 Å². The Kier molecular flexibility index (Phi) is 2.04. The van der Waals surface area contributed by atoms with Gasteiger partial charge in [-0.25, -0.2) is 9.50 Å². The summed E-state index contributed by atoms with van der Waals surface area (Å²) in [5, 5.41) is 4.06. The van der Waals surface area contributed by atoms with Crippen LogP contribution in [0, 0.1) is 0 Å². The van der Waals surface area contributed by atoms with Crippen LogP contribution in [-0.4, -0.2) is 20.9 Å². The number of aldehydes is 1. The van der Waals surface area contributed by atoms with Gasteiger partial charge in [-0.05, 0) is 11.5 Å². The molecule has 0 radical (unpaired) electrons. The molecule has 0 unspecified atom stereocenters. The fourth-order valence-corrected chi connectivity index (χ4v) is 1.29. The maximum Gasteiger partial charge on any atom is 0.165 e. The SMILES string of the molecule is CC(C)c1cnc2c(C=O)cnn2c1. The van der Waals surface area contributed by atoms with Crippen LogP contribution in [0.2, 0.25) is 0 Å². The molecule has 0 N–H and O–H groups in total. The molecule has 72 valence electrons. The quantitative estimate of drug-likeness (QED) is 0.675. The zero-order valence-electron chi connectivity index (χ0n) is 8.14. The lowest BCUT2D eigenvalue weighted by Crippen LogP contribution is -1.96. The molecule has 0 saturated heterocycles. The molecule has 0 spiro atoms. The Bertz CT molecular complexity index is 473. The number of rotatable bonds is 2. The third-order valence-corrected chi connectivity index (χ3v) is 2.20. The van der Waals surface area contributed by atoms with Crippen molar-refractivity contribution in [3.63, 3.8) is 0 Å². The van der Waals surface area contributed by atoms with Crippen LogP contribution in [-0.2, 0) is 0 Å². The van der Waals surface area contributed by atoms with Crippen LogP contribution in [0.25, 0.3) is 5.65 Å². The van der Waals surface area contributed by atoms with Gasteiger partial charge in [0.1, 0.15) is 0 Å². The standard InChI is InChI=1S/C10H11N3O/c1-7(2)8-3-11-10-9(6-14)4-12-13(10)5-8/h3-7H,1-2H3. The molecule has 0 bridgehead atoms. The maximum atomic E-state index is 10.6. The number of carbonyl (C=O) groups is 1. The predicted octanol–water partition coefficient (Wildman–Crippen LogP) is 1.67. The zero-order chi connectivity index (χ0) is 10.1. The van der Waals surface area contributed by atoms with Gasteiger partial charge in [0.2, 0.25) is 0 Å². The van der Waals surface area contributed by atoms with Gasteiger partial charge in [-0.3, -0.25) is 4.79 Å². The summed E-state index contributed by atoms with van der Waals surface area (Å²) >= 11 is 0. The largest absolute Gasteiger partial charge is 0.298 e. The summed E-state index contributed by atoms with van der Waals surface area (Å²) in [6, 6.07) is 0. The molecule has 14 heavy (non-hydrogen) atoms. The van der Waals surface area contributed by atoms with Crippen molar-refractivity contribution in [2.45, 2.75) is 19.8 Å². The van der Waals surface area contributed by atoms with Crippen molar-refractivity contribution in [2.75, 3.05) is 0 Å². The van der Waals surface area contributed by atoms with E-state index in [0.717, 1.165) is 11.8 Å². The van der Waals surface area contributed by atoms with E-state index in [1.165, 1.54) is 6.20 Å². The van der Waals surface area contributed by atoms with E-state index in [2.05, 4.69) is 23.9 Å². The number of carbonyl (C=O) groups excluding carboxylic acids is 1. The minimum Gasteiger partial charge on any atom is -0.298 e. The summed E-state index contributed by atoms with van der Waals surface area (Å²) in [5.74, 6) is 0.413. The van der Waals surface area contributed by atoms with Gasteiger partial charge in [-0.2, -0.15) is 5.10 Å². The van der Waals surface area contributed by atoms with Crippen LogP contribution in [0.15, 0.2) is 18.6 Å². The monoisotopic (exact) mass is 189 g/mol. The minimum absolute atomic E-state index is 0.413. The van der Waals surface area contributed by atoms with Crippen LogP contribution in [0.4, 0.5) is 0 Å². The average molecular weight is 189 g/mol. The lowest BCUT2D eigenvalue weighted by atomic mass is 10.1. The molecule has 0 aliphatic heterocycles. The molecular formula is C10H11N3O. The van der Waals surface area contributed by atoms with Gasteiger partial charge in [-0.15, -0.1) is 0 Å². The molecule has 0 fully saturated rings. The number of hydrogen-bond donors (Lipinski definition) is 0. The predicted molar refractivity (Wildman–Crippen MR) is 52.5 cm³/mol. The third kappa shape index (κ3) is 1.28. The zero-order valence-corrected chi connectivity index (χ0v) is 8.14. The minimum atomic E-state index is 0.413. The molecular weight excluding hydrogens is 178 g/mol. The Hall–Kier alpha value is -1.71. The topological polar surface area (TPSA) is 47.3 Å². The van der Waals surface area contributed by atoms with Gasteiger partial charge in [0.25, 0.3) is 0 Å². The normalized spacial score (nSPS) is 11.1. The second-order valence-corrected chi connectivity index (χ2v) is 3.53. The summed E-state index contributed by atoms with van der Waals surface area (Å²) < 4.78 is 1.64. The van der Waals surface area contributed by atoms with E-state index in [1.807, 2.05) is 6.20 Å². The van der Waals surface area contributed by atoms with Crippen molar-refractivity contribution in [3.8, 4) is 0 Å². The van der Waals surface area contributed by atoms with Crippen LogP contribution in [0.5, 0.6) is 0 Å². The van der Waals surface area contributed by atoms with Crippen LogP contribution in [0.1, 0.15) is 35.7 Å². The van der Waals surface area contributed by atoms with E-state index in [0.29, 0.717) is 17.1 Å². The number of hydrogen-bond acceptors (Lipinski definition) is 3. The summed E-state index contributed by atoms with van der Waals surface area (Å²) in [6.45, 7) is 4.18. The highest BCUT2D eigenvalue weighted by Gasteiger charge is 2.06. The summed E-state index contributed by atoms with van der Waals surface area (Å²) in [4.78, 5) is 14.8. The van der Waals surface area contributed by atoms with Gasteiger partial charge in [0.15, 0.2) is 11.9 Å². The smallest absolute Gasteiger partial charge is 0.165 e. The summed E-state index contributed by atoms with van der Waals surface area (Å²) in [5.41, 5.74) is 2.25. The van der Waals surface area contributed by atoms with Gasteiger partial charge in [-0.1, -0.05) is 13.8 Å². The molecule has 0 amide bonds. The molecule has 2 rings (SSSR count). The molecule has 2 aromatic rings. The van der Waals surface area contributed by atoms with Crippen LogP contribution >= 0.6 is 0 Å². The first-order valence-corrected chi connectivity index (χ1v) is 4.51.